The van der Waals surface area contributed by atoms with Crippen LogP contribution in [-0.4, -0.2) is 4.98 Å². The predicted molar refractivity (Wildman–Crippen MR) is 60.9 cm³/mol. The van der Waals surface area contributed by atoms with Crippen molar-refractivity contribution in [1.82, 2.24) is 4.98 Å². The SMILES string of the molecule is Fc1ccc(NCc2ccc(Cl)s2)cn1. The molecule has 15 heavy (non-hydrogen) atoms. The van der Waals surface area contributed by atoms with Gasteiger partial charge in [-0.3, -0.25) is 0 Å². The van der Waals surface area contributed by atoms with Crippen LogP contribution in [0.1, 0.15) is 4.88 Å². The van der Waals surface area contributed by atoms with Crippen LogP contribution in [0.5, 0.6) is 0 Å². The van der Waals surface area contributed by atoms with Gasteiger partial charge < -0.3 is 5.32 Å². The standard InChI is InChI=1S/C10H8ClFN2S/c11-9-3-2-8(15-9)6-13-7-1-4-10(12)14-5-7/h1-5,13H,6H2. The molecule has 0 unspecified atom stereocenters. The number of nitrogens with zero attached hydrogens (tertiary/aromatic N) is 1. The van der Waals surface area contributed by atoms with Gasteiger partial charge in [0.05, 0.1) is 16.2 Å². The summed E-state index contributed by atoms with van der Waals surface area (Å²) in [6.07, 6.45) is 1.46. The number of halogens is 2. The van der Waals surface area contributed by atoms with Gasteiger partial charge in [-0.25, -0.2) is 4.98 Å². The zero-order valence-electron chi connectivity index (χ0n) is 7.71. The Labute approximate surface area is 95.7 Å². The summed E-state index contributed by atoms with van der Waals surface area (Å²) in [5, 5.41) is 3.12. The Bertz CT molecular complexity index is 441. The molecule has 0 saturated carbocycles. The molecule has 0 aliphatic heterocycles. The van der Waals surface area contributed by atoms with Gasteiger partial charge in [-0.2, -0.15) is 4.39 Å². The van der Waals surface area contributed by atoms with Crippen molar-refractivity contribution in [3.05, 3.63) is 45.6 Å². The average Bonchev–Trinajstić information content (AvgIpc) is 2.64. The van der Waals surface area contributed by atoms with Crippen LogP contribution in [0.15, 0.2) is 30.5 Å². The summed E-state index contributed by atoms with van der Waals surface area (Å²) in [6.45, 7) is 0.671. The highest BCUT2D eigenvalue weighted by molar-refractivity contribution is 7.16. The summed E-state index contributed by atoms with van der Waals surface area (Å²) in [4.78, 5) is 4.67. The number of hydrogen-bond donors (Lipinski definition) is 1. The summed E-state index contributed by atoms with van der Waals surface area (Å²) in [6, 6.07) is 6.78. The second-order valence-electron chi connectivity index (χ2n) is 2.93. The molecule has 2 aromatic rings. The van der Waals surface area contributed by atoms with Gasteiger partial charge in [0.1, 0.15) is 0 Å². The van der Waals surface area contributed by atoms with Gasteiger partial charge in [-0.15, -0.1) is 11.3 Å². The minimum absolute atomic E-state index is 0.472. The number of rotatable bonds is 3. The Kier molecular flexibility index (Phi) is 3.18. The zero-order chi connectivity index (χ0) is 10.7. The van der Waals surface area contributed by atoms with Crippen LogP contribution in [-0.2, 0) is 6.54 Å². The average molecular weight is 243 g/mol. The molecule has 2 rings (SSSR count). The van der Waals surface area contributed by atoms with E-state index in [9.17, 15) is 4.39 Å². The topological polar surface area (TPSA) is 24.9 Å². The lowest BCUT2D eigenvalue weighted by Crippen LogP contribution is -1.97. The first-order chi connectivity index (χ1) is 7.24. The summed E-state index contributed by atoms with van der Waals surface area (Å²) in [7, 11) is 0. The number of aromatic nitrogens is 1. The minimum atomic E-state index is -0.472. The zero-order valence-corrected chi connectivity index (χ0v) is 9.28. The third-order valence-electron chi connectivity index (χ3n) is 1.82. The quantitative estimate of drug-likeness (QED) is 0.833. The summed E-state index contributed by atoms with van der Waals surface area (Å²) in [5.74, 6) is -0.472. The van der Waals surface area contributed by atoms with E-state index in [1.165, 1.54) is 23.6 Å². The van der Waals surface area contributed by atoms with Gasteiger partial charge in [0, 0.05) is 11.4 Å². The van der Waals surface area contributed by atoms with E-state index >= 15 is 0 Å². The molecule has 2 heterocycles. The normalized spacial score (nSPS) is 10.3. The van der Waals surface area contributed by atoms with Crippen molar-refractivity contribution in [2.75, 3.05) is 5.32 Å². The van der Waals surface area contributed by atoms with E-state index in [0.29, 0.717) is 6.54 Å². The van der Waals surface area contributed by atoms with Crippen LogP contribution in [0, 0.1) is 5.95 Å². The highest BCUT2D eigenvalue weighted by Crippen LogP contribution is 2.22. The third kappa shape index (κ3) is 2.91. The maximum absolute atomic E-state index is 12.5. The van der Waals surface area contributed by atoms with Gasteiger partial charge in [-0.1, -0.05) is 11.6 Å². The molecule has 2 nitrogen and oxygen atoms in total. The monoisotopic (exact) mass is 242 g/mol. The smallest absolute Gasteiger partial charge is 0.212 e. The minimum Gasteiger partial charge on any atom is -0.379 e. The molecule has 0 spiro atoms. The Balaban J connectivity index is 1.96. The van der Waals surface area contributed by atoms with E-state index in [0.717, 1.165) is 14.9 Å². The fourth-order valence-electron chi connectivity index (χ4n) is 1.12. The molecular formula is C10H8ClFN2S. The number of nitrogens with one attached hydrogen (secondary N) is 1. The van der Waals surface area contributed by atoms with Crippen LogP contribution in [0.2, 0.25) is 4.34 Å². The van der Waals surface area contributed by atoms with Crippen LogP contribution in [0.25, 0.3) is 0 Å². The molecule has 78 valence electrons. The first-order valence-corrected chi connectivity index (χ1v) is 5.53. The molecule has 0 amide bonds. The van der Waals surface area contributed by atoms with E-state index in [1.807, 2.05) is 12.1 Å². The van der Waals surface area contributed by atoms with Crippen LogP contribution in [0.3, 0.4) is 0 Å². The first kappa shape index (κ1) is 10.4. The maximum atomic E-state index is 12.5. The van der Waals surface area contributed by atoms with Crippen molar-refractivity contribution in [2.24, 2.45) is 0 Å². The Morgan fingerprint density at radius 2 is 2.20 bits per heavy atom. The highest BCUT2D eigenvalue weighted by Gasteiger charge is 1.98. The van der Waals surface area contributed by atoms with Crippen molar-refractivity contribution >= 4 is 28.6 Å². The van der Waals surface area contributed by atoms with Crippen molar-refractivity contribution in [3.8, 4) is 0 Å². The molecule has 0 bridgehead atoms. The van der Waals surface area contributed by atoms with E-state index in [-0.39, 0.29) is 0 Å². The van der Waals surface area contributed by atoms with Gasteiger partial charge in [-0.05, 0) is 24.3 Å². The first-order valence-electron chi connectivity index (χ1n) is 4.34. The van der Waals surface area contributed by atoms with Crippen molar-refractivity contribution in [1.29, 1.82) is 0 Å². The summed E-state index contributed by atoms with van der Waals surface area (Å²) in [5.41, 5.74) is 0.793. The largest absolute Gasteiger partial charge is 0.379 e. The summed E-state index contributed by atoms with van der Waals surface area (Å²) < 4.78 is 13.3. The lowest BCUT2D eigenvalue weighted by molar-refractivity contribution is 0.584. The number of pyridine rings is 1. The Hall–Kier alpha value is -1.13. The fourth-order valence-corrected chi connectivity index (χ4v) is 2.14. The van der Waals surface area contributed by atoms with Gasteiger partial charge >= 0.3 is 0 Å². The van der Waals surface area contributed by atoms with Gasteiger partial charge in [0.15, 0.2) is 0 Å². The molecule has 1 N–H and O–H groups in total. The molecule has 0 fully saturated rings. The van der Waals surface area contributed by atoms with E-state index in [4.69, 9.17) is 11.6 Å². The number of anilines is 1. The van der Waals surface area contributed by atoms with Crippen molar-refractivity contribution in [3.63, 3.8) is 0 Å². The second kappa shape index (κ2) is 4.59. The molecule has 0 aromatic carbocycles. The molecule has 0 radical (unpaired) electrons. The van der Waals surface area contributed by atoms with Crippen LogP contribution >= 0.6 is 22.9 Å². The van der Waals surface area contributed by atoms with Gasteiger partial charge in [0.2, 0.25) is 5.95 Å². The lowest BCUT2D eigenvalue weighted by atomic mass is 10.4. The van der Waals surface area contributed by atoms with Crippen molar-refractivity contribution in [2.45, 2.75) is 6.54 Å². The van der Waals surface area contributed by atoms with Crippen molar-refractivity contribution < 1.29 is 4.39 Å². The number of hydrogen-bond acceptors (Lipinski definition) is 3. The summed E-state index contributed by atoms with van der Waals surface area (Å²) >= 11 is 7.31. The van der Waals surface area contributed by atoms with Gasteiger partial charge in [0.25, 0.3) is 0 Å². The molecule has 5 heteroatoms. The molecule has 0 atom stereocenters. The molecule has 0 aliphatic rings. The predicted octanol–water partition coefficient (Wildman–Crippen LogP) is 3.55. The second-order valence-corrected chi connectivity index (χ2v) is 4.73. The van der Waals surface area contributed by atoms with E-state index in [2.05, 4.69) is 10.3 Å². The molecule has 2 aromatic heterocycles. The number of thiophene rings is 1. The Morgan fingerprint density at radius 3 is 2.80 bits per heavy atom. The van der Waals surface area contributed by atoms with Crippen LogP contribution < -0.4 is 5.32 Å². The third-order valence-corrected chi connectivity index (χ3v) is 3.05. The Morgan fingerprint density at radius 1 is 1.33 bits per heavy atom. The van der Waals surface area contributed by atoms with E-state index in [1.54, 1.807) is 6.07 Å². The molecular weight excluding hydrogens is 235 g/mol. The van der Waals surface area contributed by atoms with Crippen LogP contribution in [0.4, 0.5) is 10.1 Å². The molecule has 0 saturated heterocycles. The highest BCUT2D eigenvalue weighted by atomic mass is 35.5. The molecule has 0 aliphatic carbocycles. The fraction of sp³-hybridized carbons (Fsp3) is 0.100. The lowest BCUT2D eigenvalue weighted by Gasteiger charge is -2.03. The maximum Gasteiger partial charge on any atom is 0.212 e. The van der Waals surface area contributed by atoms with E-state index < -0.39 is 5.95 Å².